The maximum Gasteiger partial charge on any atom is 0.244 e. The van der Waals surface area contributed by atoms with Gasteiger partial charge in [-0.25, -0.2) is 9.53 Å². The molecule has 1 aliphatic heterocycles. The first kappa shape index (κ1) is 17.6. The number of fused-ring (bicyclic) bond motifs is 3. The number of carbonyl (C=O) groups is 1. The number of pyridine rings is 1. The van der Waals surface area contributed by atoms with Gasteiger partial charge in [-0.3, -0.25) is 9.78 Å². The first-order valence-corrected chi connectivity index (χ1v) is 9.70. The Morgan fingerprint density at radius 3 is 3.10 bits per heavy atom. The van der Waals surface area contributed by atoms with E-state index in [-0.39, 0.29) is 18.5 Å². The molecule has 0 bridgehead atoms. The Morgan fingerprint density at radius 2 is 2.31 bits per heavy atom. The van der Waals surface area contributed by atoms with Crippen molar-refractivity contribution >= 4 is 22.5 Å². The molecule has 0 aromatic carbocycles. The lowest BCUT2D eigenvalue weighted by Crippen LogP contribution is -2.45. The number of hydrogen-bond acceptors (Lipinski definition) is 5. The van der Waals surface area contributed by atoms with E-state index in [0.717, 1.165) is 35.1 Å². The van der Waals surface area contributed by atoms with Crippen LogP contribution in [0.1, 0.15) is 30.6 Å². The molecule has 2 atom stereocenters. The zero-order valence-electron chi connectivity index (χ0n) is 16.1. The lowest BCUT2D eigenvalue weighted by atomic mass is 9.92. The van der Waals surface area contributed by atoms with Gasteiger partial charge in [-0.15, -0.1) is 5.10 Å². The highest BCUT2D eigenvalue weighted by molar-refractivity contribution is 5.95. The summed E-state index contributed by atoms with van der Waals surface area (Å²) in [5.41, 5.74) is 3.64. The number of likely N-dealkylation sites (tertiary alicyclic amines) is 1. The highest BCUT2D eigenvalue weighted by Gasteiger charge is 2.32. The largest absolute Gasteiger partial charge is 0.343 e. The van der Waals surface area contributed by atoms with E-state index < -0.39 is 0 Å². The molecule has 1 fully saturated rings. The van der Waals surface area contributed by atoms with Crippen LogP contribution in [0, 0.1) is 12.5 Å². The van der Waals surface area contributed by atoms with Gasteiger partial charge in [0.2, 0.25) is 5.91 Å². The minimum absolute atomic E-state index is 0.0132. The molecule has 9 heteroatoms. The van der Waals surface area contributed by atoms with Gasteiger partial charge in [0.1, 0.15) is 12.9 Å². The molecule has 146 valence electrons. The second kappa shape index (κ2) is 6.81. The Morgan fingerprint density at radius 1 is 1.41 bits per heavy atom. The molecule has 0 unspecified atom stereocenters. The molecule has 3 aromatic heterocycles. The Hall–Kier alpha value is -3.54. The summed E-state index contributed by atoms with van der Waals surface area (Å²) in [7, 11) is 0. The summed E-state index contributed by atoms with van der Waals surface area (Å²) in [4.78, 5) is 22.9. The number of tetrazole rings is 1. The number of nitrogens with zero attached hydrogens (tertiary/aromatic N) is 8. The van der Waals surface area contributed by atoms with Crippen LogP contribution in [0.25, 0.3) is 21.4 Å². The standard InChI is InChI=1S/C20H20N8O/c1-13-5-7-26(18(29)11-27-12-23-24-25-27)10-17(13)28-8-6-14-9-22-16-4-3-15(21-2)19(16)20(14)28/h3,6,8-9,12-13,17H,4-5,7,10-11H2,1H3/t13-,17+/m1/s1. The van der Waals surface area contributed by atoms with Gasteiger partial charge in [0.05, 0.1) is 12.6 Å². The van der Waals surface area contributed by atoms with Crippen molar-refractivity contribution in [1.29, 1.82) is 0 Å². The van der Waals surface area contributed by atoms with E-state index in [2.05, 4.69) is 49.1 Å². The van der Waals surface area contributed by atoms with Crippen LogP contribution in [0.3, 0.4) is 0 Å². The third-order valence-electron chi connectivity index (χ3n) is 6.01. The number of rotatable bonds is 3. The molecule has 5 rings (SSSR count). The van der Waals surface area contributed by atoms with Gasteiger partial charge in [-0.2, -0.15) is 0 Å². The highest BCUT2D eigenvalue weighted by atomic mass is 16.2. The normalized spacial score (nSPS) is 21.1. The number of amides is 1. The second-order valence-electron chi connectivity index (χ2n) is 7.69. The average molecular weight is 388 g/mol. The van der Waals surface area contributed by atoms with Crippen LogP contribution in [0.4, 0.5) is 0 Å². The molecule has 3 aromatic rings. The molecule has 4 heterocycles. The fourth-order valence-corrected chi connectivity index (χ4v) is 4.42. The smallest absolute Gasteiger partial charge is 0.244 e. The summed E-state index contributed by atoms with van der Waals surface area (Å²) >= 11 is 0. The lowest BCUT2D eigenvalue weighted by Gasteiger charge is -2.38. The number of hydrogen-bond donors (Lipinski definition) is 0. The molecule has 0 spiro atoms. The van der Waals surface area contributed by atoms with Gasteiger partial charge in [-0.05, 0) is 35.3 Å². The first-order valence-electron chi connectivity index (χ1n) is 9.70. The molecular weight excluding hydrogens is 368 g/mol. The predicted octanol–water partition coefficient (Wildman–Crippen LogP) is 1.95. The SMILES string of the molecule is [C-]#[N+]C1=CCc2ncc3ccn([C@H]4CN(C(=O)Cn5cnnn5)CC[C@H]4C)c3c21. The van der Waals surface area contributed by atoms with E-state index in [1.807, 2.05) is 17.2 Å². The quantitative estimate of drug-likeness (QED) is 0.640. The molecule has 2 aliphatic rings. The van der Waals surface area contributed by atoms with Crippen molar-refractivity contribution in [3.8, 4) is 0 Å². The minimum atomic E-state index is 0.0132. The van der Waals surface area contributed by atoms with E-state index in [9.17, 15) is 4.79 Å². The van der Waals surface area contributed by atoms with E-state index in [1.54, 1.807) is 0 Å². The van der Waals surface area contributed by atoms with Gasteiger partial charge in [0.15, 0.2) is 5.70 Å². The van der Waals surface area contributed by atoms with Crippen LogP contribution in [0.5, 0.6) is 0 Å². The third-order valence-corrected chi connectivity index (χ3v) is 6.01. The fourth-order valence-electron chi connectivity index (χ4n) is 4.42. The van der Waals surface area contributed by atoms with E-state index >= 15 is 0 Å². The van der Waals surface area contributed by atoms with Crippen molar-refractivity contribution in [3.63, 3.8) is 0 Å². The Labute approximate surface area is 167 Å². The molecule has 1 saturated heterocycles. The lowest BCUT2D eigenvalue weighted by molar-refractivity contribution is -0.134. The predicted molar refractivity (Wildman–Crippen MR) is 105 cm³/mol. The van der Waals surface area contributed by atoms with Crippen molar-refractivity contribution in [3.05, 3.63) is 53.5 Å². The Bertz CT molecular complexity index is 1150. The van der Waals surface area contributed by atoms with Crippen LogP contribution in [-0.2, 0) is 17.8 Å². The number of allylic oxidation sites excluding steroid dienone is 1. The van der Waals surface area contributed by atoms with Crippen molar-refractivity contribution < 1.29 is 4.79 Å². The summed E-state index contributed by atoms with van der Waals surface area (Å²) in [6.07, 6.45) is 8.99. The number of carbonyl (C=O) groups excluding carboxylic acids is 1. The summed E-state index contributed by atoms with van der Waals surface area (Å²) < 4.78 is 3.70. The van der Waals surface area contributed by atoms with Gasteiger partial charge >= 0.3 is 0 Å². The second-order valence-corrected chi connectivity index (χ2v) is 7.69. The molecule has 1 aliphatic carbocycles. The van der Waals surface area contributed by atoms with Crippen molar-refractivity contribution in [2.24, 2.45) is 5.92 Å². The topological polar surface area (TPSA) is 86.1 Å². The Kier molecular flexibility index (Phi) is 4.12. The summed E-state index contributed by atoms with van der Waals surface area (Å²) in [5, 5.41) is 12.0. The molecule has 0 saturated carbocycles. The zero-order valence-corrected chi connectivity index (χ0v) is 16.1. The van der Waals surface area contributed by atoms with Crippen molar-refractivity contribution in [2.45, 2.75) is 32.4 Å². The minimum Gasteiger partial charge on any atom is -0.343 e. The van der Waals surface area contributed by atoms with Crippen LogP contribution in [-0.4, -0.2) is 53.7 Å². The first-order chi connectivity index (χ1) is 14.2. The molecule has 9 nitrogen and oxygen atoms in total. The highest BCUT2D eigenvalue weighted by Crippen LogP contribution is 2.38. The van der Waals surface area contributed by atoms with Crippen molar-refractivity contribution in [2.75, 3.05) is 13.1 Å². The van der Waals surface area contributed by atoms with E-state index in [1.165, 1.54) is 11.0 Å². The fraction of sp³-hybridized carbons (Fsp3) is 0.400. The molecular formula is C20H20N8O. The van der Waals surface area contributed by atoms with Crippen LogP contribution in [0.2, 0.25) is 0 Å². The summed E-state index contributed by atoms with van der Waals surface area (Å²) in [6.45, 7) is 11.3. The van der Waals surface area contributed by atoms with Crippen molar-refractivity contribution in [1.82, 2.24) is 34.7 Å². The third kappa shape index (κ3) is 2.88. The Balaban J connectivity index is 1.49. The molecule has 29 heavy (non-hydrogen) atoms. The van der Waals surface area contributed by atoms with E-state index in [0.29, 0.717) is 24.6 Å². The summed E-state index contributed by atoms with van der Waals surface area (Å²) in [5.74, 6) is 0.424. The zero-order chi connectivity index (χ0) is 20.0. The molecule has 1 amide bonds. The summed E-state index contributed by atoms with van der Waals surface area (Å²) in [6, 6.07) is 2.19. The average Bonchev–Trinajstić information content (AvgIpc) is 3.46. The van der Waals surface area contributed by atoms with Crippen LogP contribution >= 0.6 is 0 Å². The van der Waals surface area contributed by atoms with Crippen LogP contribution < -0.4 is 0 Å². The maximum absolute atomic E-state index is 12.8. The molecule has 0 N–H and O–H groups in total. The monoisotopic (exact) mass is 388 g/mol. The van der Waals surface area contributed by atoms with Gasteiger partial charge in [-0.1, -0.05) is 13.0 Å². The van der Waals surface area contributed by atoms with Crippen LogP contribution in [0.15, 0.2) is 30.9 Å². The van der Waals surface area contributed by atoms with Gasteiger partial charge in [0.25, 0.3) is 0 Å². The number of piperidine rings is 1. The molecule has 0 radical (unpaired) electrons. The van der Waals surface area contributed by atoms with Gasteiger partial charge in [0, 0.05) is 47.6 Å². The number of aromatic nitrogens is 6. The maximum atomic E-state index is 12.8. The van der Waals surface area contributed by atoms with Gasteiger partial charge < -0.3 is 9.47 Å². The van der Waals surface area contributed by atoms with E-state index in [4.69, 9.17) is 6.57 Å².